The molecule has 0 aliphatic rings. The summed E-state index contributed by atoms with van der Waals surface area (Å²) in [4.78, 5) is 13.2. The van der Waals surface area contributed by atoms with E-state index < -0.39 is 0 Å². The van der Waals surface area contributed by atoms with E-state index in [-0.39, 0.29) is 5.91 Å². The summed E-state index contributed by atoms with van der Waals surface area (Å²) in [6.45, 7) is 3.79. The average Bonchev–Trinajstić information content (AvgIpc) is 3.52. The highest BCUT2D eigenvalue weighted by atomic mass is 35.5. The molecular formula is C24H17Cl2N5O2S. The summed E-state index contributed by atoms with van der Waals surface area (Å²) in [5.74, 6) is 1.59. The number of benzene rings is 2. The molecular weight excluding hydrogens is 493 g/mol. The Morgan fingerprint density at radius 3 is 2.71 bits per heavy atom. The lowest BCUT2D eigenvalue weighted by Crippen LogP contribution is -2.08. The van der Waals surface area contributed by atoms with Crippen LogP contribution in [0.15, 0.2) is 59.0 Å². The van der Waals surface area contributed by atoms with Crippen LogP contribution < -0.4 is 5.32 Å². The molecule has 0 atom stereocenters. The van der Waals surface area contributed by atoms with Crippen molar-refractivity contribution in [2.75, 3.05) is 5.32 Å². The molecule has 34 heavy (non-hydrogen) atoms. The van der Waals surface area contributed by atoms with Gasteiger partial charge in [0.15, 0.2) is 5.82 Å². The molecule has 5 aromatic rings. The van der Waals surface area contributed by atoms with Crippen LogP contribution in [-0.2, 0) is 4.79 Å². The fourth-order valence-corrected chi connectivity index (χ4v) is 4.76. The van der Waals surface area contributed by atoms with Crippen molar-refractivity contribution < 1.29 is 9.21 Å². The van der Waals surface area contributed by atoms with E-state index in [1.54, 1.807) is 40.9 Å². The van der Waals surface area contributed by atoms with Gasteiger partial charge < -0.3 is 9.73 Å². The normalized spacial score (nSPS) is 11.5. The Bertz CT molecular complexity index is 1570. The van der Waals surface area contributed by atoms with Crippen molar-refractivity contribution in [2.24, 2.45) is 0 Å². The molecule has 1 amide bonds. The molecule has 0 radical (unpaired) electrons. The van der Waals surface area contributed by atoms with Gasteiger partial charge in [-0.1, -0.05) is 34.5 Å². The van der Waals surface area contributed by atoms with Crippen LogP contribution in [0.2, 0.25) is 10.0 Å². The third kappa shape index (κ3) is 4.48. The lowest BCUT2D eigenvalue weighted by atomic mass is 10.1. The van der Waals surface area contributed by atoms with E-state index in [1.165, 1.54) is 17.4 Å². The number of carbonyl (C=O) groups excluding carboxylic acids is 1. The van der Waals surface area contributed by atoms with Crippen LogP contribution in [0.4, 0.5) is 5.69 Å². The van der Waals surface area contributed by atoms with Crippen molar-refractivity contribution in [3.05, 3.63) is 81.8 Å². The minimum absolute atomic E-state index is 0.271. The Hall–Kier alpha value is -3.46. The highest BCUT2D eigenvalue weighted by Crippen LogP contribution is 2.32. The monoisotopic (exact) mass is 509 g/mol. The van der Waals surface area contributed by atoms with Gasteiger partial charge in [-0.2, -0.15) is 9.61 Å². The molecule has 2 aromatic carbocycles. The predicted molar refractivity (Wildman–Crippen MR) is 135 cm³/mol. The zero-order valence-electron chi connectivity index (χ0n) is 18.0. The third-order valence-electron chi connectivity index (χ3n) is 5.10. The molecule has 10 heteroatoms. The van der Waals surface area contributed by atoms with Crippen molar-refractivity contribution in [3.63, 3.8) is 0 Å². The van der Waals surface area contributed by atoms with Gasteiger partial charge in [0, 0.05) is 27.9 Å². The fraction of sp³-hybridized carbons (Fsp3) is 0.0833. The Morgan fingerprint density at radius 2 is 1.94 bits per heavy atom. The smallest absolute Gasteiger partial charge is 0.248 e. The van der Waals surface area contributed by atoms with Crippen molar-refractivity contribution in [2.45, 2.75) is 13.8 Å². The van der Waals surface area contributed by atoms with E-state index in [9.17, 15) is 4.79 Å². The van der Waals surface area contributed by atoms with Gasteiger partial charge in [0.05, 0.1) is 5.02 Å². The van der Waals surface area contributed by atoms with E-state index >= 15 is 0 Å². The van der Waals surface area contributed by atoms with Gasteiger partial charge in [-0.05, 0) is 74.0 Å². The van der Waals surface area contributed by atoms with Crippen LogP contribution in [0, 0.1) is 13.8 Å². The highest BCUT2D eigenvalue weighted by Gasteiger charge is 2.12. The van der Waals surface area contributed by atoms with Crippen LogP contribution in [0.25, 0.3) is 32.9 Å². The number of hydrogen-bond acceptors (Lipinski definition) is 6. The van der Waals surface area contributed by atoms with Crippen LogP contribution in [0.1, 0.15) is 17.1 Å². The molecule has 1 N–H and O–H groups in total. The summed E-state index contributed by atoms with van der Waals surface area (Å²) in [7, 11) is 0. The number of hydrogen-bond donors (Lipinski definition) is 1. The number of fused-ring (bicyclic) bond motifs is 1. The van der Waals surface area contributed by atoms with Crippen LogP contribution in [0.3, 0.4) is 0 Å². The summed E-state index contributed by atoms with van der Waals surface area (Å²) in [6.07, 6.45) is 3.03. The minimum Gasteiger partial charge on any atom is -0.457 e. The topological polar surface area (TPSA) is 85.3 Å². The first-order valence-electron chi connectivity index (χ1n) is 10.2. The first-order chi connectivity index (χ1) is 16.4. The van der Waals surface area contributed by atoms with Crippen LogP contribution in [0.5, 0.6) is 0 Å². The molecule has 0 aliphatic carbocycles. The number of aryl methyl sites for hydroxylation is 2. The molecule has 7 nitrogen and oxygen atoms in total. The number of nitrogens with zero attached hydrogens (tertiary/aromatic N) is 4. The second-order valence-corrected chi connectivity index (χ2v) is 9.33. The second-order valence-electron chi connectivity index (χ2n) is 7.53. The zero-order chi connectivity index (χ0) is 23.8. The molecule has 170 valence electrons. The van der Waals surface area contributed by atoms with Crippen molar-refractivity contribution in [3.8, 4) is 21.9 Å². The molecule has 0 saturated carbocycles. The largest absolute Gasteiger partial charge is 0.457 e. The number of amides is 1. The van der Waals surface area contributed by atoms with Gasteiger partial charge in [-0.15, -0.1) is 10.2 Å². The average molecular weight is 510 g/mol. The number of carbonyl (C=O) groups is 1. The Morgan fingerprint density at radius 1 is 1.09 bits per heavy atom. The second kappa shape index (κ2) is 9.06. The van der Waals surface area contributed by atoms with Crippen molar-refractivity contribution in [1.29, 1.82) is 0 Å². The van der Waals surface area contributed by atoms with Gasteiger partial charge in [0.25, 0.3) is 0 Å². The Kier molecular flexibility index (Phi) is 5.95. The molecule has 0 unspecified atom stereocenters. The number of nitrogens with one attached hydrogen (secondary N) is 1. The van der Waals surface area contributed by atoms with E-state index in [0.717, 1.165) is 32.5 Å². The molecule has 3 heterocycles. The first-order valence-corrected chi connectivity index (χ1v) is 11.8. The summed E-state index contributed by atoms with van der Waals surface area (Å²) in [5, 5.41) is 17.4. The van der Waals surface area contributed by atoms with Crippen LogP contribution in [-0.4, -0.2) is 25.7 Å². The lowest BCUT2D eigenvalue weighted by molar-refractivity contribution is -0.111. The maximum absolute atomic E-state index is 12.5. The summed E-state index contributed by atoms with van der Waals surface area (Å²) >= 11 is 13.7. The van der Waals surface area contributed by atoms with Gasteiger partial charge in [0.2, 0.25) is 10.9 Å². The number of furan rings is 1. The lowest BCUT2D eigenvalue weighted by Gasteiger charge is -2.07. The number of aromatic nitrogens is 4. The van der Waals surface area contributed by atoms with Crippen molar-refractivity contribution >= 4 is 57.2 Å². The molecule has 5 rings (SSSR count). The molecule has 0 fully saturated rings. The summed E-state index contributed by atoms with van der Waals surface area (Å²) in [5.41, 5.74) is 3.31. The number of anilines is 1. The molecule has 0 aliphatic heterocycles. The zero-order valence-corrected chi connectivity index (χ0v) is 20.4. The summed E-state index contributed by atoms with van der Waals surface area (Å²) < 4.78 is 7.51. The first kappa shape index (κ1) is 22.3. The SMILES string of the molecule is Cc1cc(-c2nn3c(C)nnc3s2)ccc1NC(=O)C=Cc1ccc(-c2ccc(Cl)cc2Cl)o1. The molecule has 3 aromatic heterocycles. The van der Waals surface area contributed by atoms with Gasteiger partial charge >= 0.3 is 0 Å². The predicted octanol–water partition coefficient (Wildman–Crippen LogP) is 6.69. The van der Waals surface area contributed by atoms with E-state index in [4.69, 9.17) is 27.6 Å². The van der Waals surface area contributed by atoms with Gasteiger partial charge in [-0.25, -0.2) is 0 Å². The fourth-order valence-electron chi connectivity index (χ4n) is 3.38. The van der Waals surface area contributed by atoms with Gasteiger partial charge in [0.1, 0.15) is 16.5 Å². The molecule has 0 saturated heterocycles. The van der Waals surface area contributed by atoms with E-state index in [2.05, 4.69) is 20.6 Å². The molecule has 0 bridgehead atoms. The maximum atomic E-state index is 12.5. The third-order valence-corrected chi connectivity index (χ3v) is 6.60. The standard InChI is InChI=1S/C24H17Cl2N5O2S/c1-13-11-15(23-30-31-14(2)28-29-24(31)34-23)3-8-20(13)27-22(32)10-6-17-5-9-21(33-17)18-7-4-16(25)12-19(18)26/h3-12H,1-2H3,(H,27,32). The van der Waals surface area contributed by atoms with E-state index in [0.29, 0.717) is 27.3 Å². The number of halogens is 2. The Labute approximate surface area is 208 Å². The number of rotatable bonds is 5. The quantitative estimate of drug-likeness (QED) is 0.266. The van der Waals surface area contributed by atoms with E-state index in [1.807, 2.05) is 32.0 Å². The highest BCUT2D eigenvalue weighted by molar-refractivity contribution is 7.19. The maximum Gasteiger partial charge on any atom is 0.248 e. The van der Waals surface area contributed by atoms with Gasteiger partial charge in [-0.3, -0.25) is 4.79 Å². The minimum atomic E-state index is -0.271. The summed E-state index contributed by atoms with van der Waals surface area (Å²) in [6, 6.07) is 14.5. The molecule has 0 spiro atoms. The van der Waals surface area contributed by atoms with Crippen LogP contribution >= 0.6 is 34.5 Å². The van der Waals surface area contributed by atoms with Crippen molar-refractivity contribution in [1.82, 2.24) is 19.8 Å². The Balaban J connectivity index is 1.27.